The van der Waals surface area contributed by atoms with Crippen LogP contribution in [0.5, 0.6) is 11.5 Å². The molecule has 0 spiro atoms. The first-order valence-electron chi connectivity index (χ1n) is 12.6. The van der Waals surface area contributed by atoms with Gasteiger partial charge in [-0.2, -0.15) is 0 Å². The number of para-hydroxylation sites is 1. The van der Waals surface area contributed by atoms with Gasteiger partial charge in [0.1, 0.15) is 11.5 Å². The molecule has 9 nitrogen and oxygen atoms in total. The Balaban J connectivity index is 1.62. The SMILES string of the molecule is COC(=O)CC(c1cc2cc(OC)ccc2[nH]c1=O)c1c(O)cc(C)n(CCc2c[nH]c3ccccc23)c1=O. The summed E-state index contributed by atoms with van der Waals surface area (Å²) in [7, 11) is 2.78. The van der Waals surface area contributed by atoms with E-state index in [0.717, 1.165) is 16.5 Å². The first kappa shape index (κ1) is 25.8. The van der Waals surface area contributed by atoms with Gasteiger partial charge in [-0.3, -0.25) is 14.4 Å². The Morgan fingerprint density at radius 3 is 2.62 bits per heavy atom. The lowest BCUT2D eigenvalue weighted by Crippen LogP contribution is -2.31. The highest BCUT2D eigenvalue weighted by Crippen LogP contribution is 2.32. The summed E-state index contributed by atoms with van der Waals surface area (Å²) in [6, 6.07) is 16.2. The van der Waals surface area contributed by atoms with Gasteiger partial charge in [0.15, 0.2) is 0 Å². The van der Waals surface area contributed by atoms with Gasteiger partial charge in [-0.1, -0.05) is 18.2 Å². The summed E-state index contributed by atoms with van der Waals surface area (Å²) in [5, 5.41) is 12.7. The number of aromatic amines is 2. The van der Waals surface area contributed by atoms with E-state index in [4.69, 9.17) is 9.47 Å². The van der Waals surface area contributed by atoms with E-state index in [1.165, 1.54) is 20.3 Å². The molecule has 0 fully saturated rings. The molecule has 0 bridgehead atoms. The van der Waals surface area contributed by atoms with Gasteiger partial charge in [0.05, 0.1) is 26.2 Å². The topological polar surface area (TPSA) is 126 Å². The van der Waals surface area contributed by atoms with E-state index in [1.54, 1.807) is 35.8 Å². The van der Waals surface area contributed by atoms with Crippen molar-refractivity contribution in [3.05, 3.63) is 104 Å². The molecule has 0 aliphatic rings. The Kier molecular flexibility index (Phi) is 6.98. The summed E-state index contributed by atoms with van der Waals surface area (Å²) in [6.07, 6.45) is 2.19. The molecule has 9 heteroatoms. The molecule has 3 N–H and O–H groups in total. The minimum Gasteiger partial charge on any atom is -0.507 e. The van der Waals surface area contributed by atoms with Crippen LogP contribution in [0.3, 0.4) is 0 Å². The molecule has 3 aromatic heterocycles. The fourth-order valence-corrected chi connectivity index (χ4v) is 5.15. The van der Waals surface area contributed by atoms with Crippen molar-refractivity contribution < 1.29 is 19.4 Å². The summed E-state index contributed by atoms with van der Waals surface area (Å²) >= 11 is 0. The second-order valence-corrected chi connectivity index (χ2v) is 9.49. The van der Waals surface area contributed by atoms with Gasteiger partial charge in [0.2, 0.25) is 0 Å². The van der Waals surface area contributed by atoms with Gasteiger partial charge >= 0.3 is 5.97 Å². The monoisotopic (exact) mass is 527 g/mol. The Bertz CT molecular complexity index is 1810. The number of carbonyl (C=O) groups excluding carboxylic acids is 1. The molecule has 200 valence electrons. The van der Waals surface area contributed by atoms with E-state index in [9.17, 15) is 19.5 Å². The Hall–Kier alpha value is -4.79. The molecule has 0 aliphatic heterocycles. The summed E-state index contributed by atoms with van der Waals surface area (Å²) in [5.41, 5.74) is 2.41. The first-order chi connectivity index (χ1) is 18.8. The Morgan fingerprint density at radius 1 is 1.05 bits per heavy atom. The highest BCUT2D eigenvalue weighted by atomic mass is 16.5. The first-order valence-corrected chi connectivity index (χ1v) is 12.6. The number of hydrogen-bond donors (Lipinski definition) is 3. The van der Waals surface area contributed by atoms with Crippen LogP contribution in [0.4, 0.5) is 0 Å². The number of hydrogen-bond acceptors (Lipinski definition) is 6. The molecule has 0 aliphatic carbocycles. The van der Waals surface area contributed by atoms with E-state index in [1.807, 2.05) is 30.5 Å². The molecule has 2 aromatic carbocycles. The van der Waals surface area contributed by atoms with Crippen molar-refractivity contribution in [2.24, 2.45) is 0 Å². The lowest BCUT2D eigenvalue weighted by Gasteiger charge is -2.20. The zero-order chi connectivity index (χ0) is 27.7. The predicted octanol–water partition coefficient (Wildman–Crippen LogP) is 4.13. The average Bonchev–Trinajstić information content (AvgIpc) is 3.34. The van der Waals surface area contributed by atoms with Crippen LogP contribution in [-0.2, 0) is 22.5 Å². The number of nitrogens with zero attached hydrogens (tertiary/aromatic N) is 1. The summed E-state index contributed by atoms with van der Waals surface area (Å²) in [6.45, 7) is 2.08. The molecule has 0 saturated heterocycles. The van der Waals surface area contributed by atoms with Crippen LogP contribution in [0.2, 0.25) is 0 Å². The number of aromatic hydroxyl groups is 1. The van der Waals surface area contributed by atoms with Crippen molar-refractivity contribution in [1.29, 1.82) is 0 Å². The molecular formula is C30H29N3O6. The molecule has 0 amide bonds. The largest absolute Gasteiger partial charge is 0.507 e. The predicted molar refractivity (Wildman–Crippen MR) is 149 cm³/mol. The second-order valence-electron chi connectivity index (χ2n) is 9.49. The van der Waals surface area contributed by atoms with E-state index in [2.05, 4.69) is 9.97 Å². The van der Waals surface area contributed by atoms with Gasteiger partial charge in [-0.05, 0) is 55.3 Å². The molecule has 5 aromatic rings. The van der Waals surface area contributed by atoms with E-state index in [-0.39, 0.29) is 23.3 Å². The second kappa shape index (κ2) is 10.5. The minimum atomic E-state index is -1.04. The van der Waals surface area contributed by atoms with Crippen molar-refractivity contribution in [3.63, 3.8) is 0 Å². The molecule has 1 atom stereocenters. The maximum atomic E-state index is 13.9. The number of aryl methyl sites for hydroxylation is 2. The number of H-pyrrole nitrogens is 2. The van der Waals surface area contributed by atoms with Crippen LogP contribution in [0, 0.1) is 6.92 Å². The fraction of sp³-hybridized carbons (Fsp3) is 0.233. The third kappa shape index (κ3) is 4.90. The van der Waals surface area contributed by atoms with Gasteiger partial charge in [-0.15, -0.1) is 0 Å². The lowest BCUT2D eigenvalue weighted by molar-refractivity contribution is -0.140. The Labute approximate surface area is 223 Å². The minimum absolute atomic E-state index is 0.0299. The summed E-state index contributed by atoms with van der Waals surface area (Å²) < 4.78 is 11.8. The summed E-state index contributed by atoms with van der Waals surface area (Å²) in [5.74, 6) is -1.35. The average molecular weight is 528 g/mol. The number of esters is 1. The van der Waals surface area contributed by atoms with Crippen LogP contribution >= 0.6 is 0 Å². The highest BCUT2D eigenvalue weighted by Gasteiger charge is 2.29. The van der Waals surface area contributed by atoms with Gasteiger partial charge in [0, 0.05) is 51.7 Å². The maximum absolute atomic E-state index is 13.9. The molecule has 39 heavy (non-hydrogen) atoms. The van der Waals surface area contributed by atoms with Gasteiger partial charge in [0.25, 0.3) is 11.1 Å². The number of carbonyl (C=O) groups is 1. The van der Waals surface area contributed by atoms with E-state index < -0.39 is 23.0 Å². The molecule has 5 rings (SSSR count). The van der Waals surface area contributed by atoms with E-state index >= 15 is 0 Å². The number of benzene rings is 2. The normalized spacial score (nSPS) is 12.1. The number of fused-ring (bicyclic) bond motifs is 2. The third-order valence-corrected chi connectivity index (χ3v) is 7.21. The standard InChI is InChI=1S/C30H29N3O6/c1-17-12-26(34)28(30(37)33(17)11-10-18-16-31-25-7-5-4-6-21(18)25)22(15-27(35)39-3)23-14-19-13-20(38-2)8-9-24(19)32-29(23)36/h4-9,12-14,16,22,31,34H,10-11,15H2,1-3H3,(H,32,36). The van der Waals surface area contributed by atoms with Gasteiger partial charge in [-0.25, -0.2) is 0 Å². The number of rotatable bonds is 8. The zero-order valence-electron chi connectivity index (χ0n) is 21.9. The molecule has 1 unspecified atom stereocenters. The molecular weight excluding hydrogens is 498 g/mol. The third-order valence-electron chi connectivity index (χ3n) is 7.21. The lowest BCUT2D eigenvalue weighted by atomic mass is 9.88. The van der Waals surface area contributed by atoms with Crippen LogP contribution in [-0.4, -0.2) is 39.8 Å². The molecule has 3 heterocycles. The zero-order valence-corrected chi connectivity index (χ0v) is 21.9. The van der Waals surface area contributed by atoms with Crippen LogP contribution < -0.4 is 15.9 Å². The maximum Gasteiger partial charge on any atom is 0.306 e. The van der Waals surface area contributed by atoms with Crippen molar-refractivity contribution in [3.8, 4) is 11.5 Å². The number of pyridine rings is 2. The quantitative estimate of drug-likeness (QED) is 0.261. The van der Waals surface area contributed by atoms with Crippen LogP contribution in [0.25, 0.3) is 21.8 Å². The van der Waals surface area contributed by atoms with E-state index in [0.29, 0.717) is 35.3 Å². The van der Waals surface area contributed by atoms with Crippen molar-refractivity contribution >= 4 is 27.8 Å². The molecule has 0 radical (unpaired) electrons. The van der Waals surface area contributed by atoms with Crippen molar-refractivity contribution in [1.82, 2.24) is 14.5 Å². The smallest absolute Gasteiger partial charge is 0.306 e. The number of nitrogens with one attached hydrogen (secondary N) is 2. The number of ether oxygens (including phenoxy) is 2. The highest BCUT2D eigenvalue weighted by molar-refractivity contribution is 5.83. The Morgan fingerprint density at radius 2 is 1.85 bits per heavy atom. The fourth-order valence-electron chi connectivity index (χ4n) is 5.15. The van der Waals surface area contributed by atoms with Crippen molar-refractivity contribution in [2.75, 3.05) is 14.2 Å². The van der Waals surface area contributed by atoms with Crippen molar-refractivity contribution in [2.45, 2.75) is 32.2 Å². The van der Waals surface area contributed by atoms with Gasteiger partial charge < -0.3 is 29.1 Å². The number of methoxy groups -OCH3 is 2. The van der Waals surface area contributed by atoms with Crippen LogP contribution in [0.15, 0.2) is 70.4 Å². The number of aromatic nitrogens is 3. The molecule has 0 saturated carbocycles. The van der Waals surface area contributed by atoms with Crippen LogP contribution in [0.1, 0.15) is 34.7 Å². The summed E-state index contributed by atoms with van der Waals surface area (Å²) in [4.78, 5) is 45.7.